The lowest BCUT2D eigenvalue weighted by Gasteiger charge is -2.21. The quantitative estimate of drug-likeness (QED) is 0.547. The Morgan fingerprint density at radius 1 is 1.21 bits per heavy atom. The number of esters is 1. The SMILES string of the molecule is C[C@]1(CCc2ccccc2)NC(=O)N(NC(=O)COC(=O)C2CCCC2)C1=O. The fourth-order valence-electron chi connectivity index (χ4n) is 3.57. The van der Waals surface area contributed by atoms with E-state index in [9.17, 15) is 19.2 Å². The molecule has 28 heavy (non-hydrogen) atoms. The topological polar surface area (TPSA) is 105 Å². The van der Waals surface area contributed by atoms with Gasteiger partial charge in [0.05, 0.1) is 5.92 Å². The molecule has 8 nitrogen and oxygen atoms in total. The molecule has 1 aliphatic carbocycles. The second-order valence-corrected chi connectivity index (χ2v) is 7.51. The third-order valence-corrected chi connectivity index (χ3v) is 5.29. The number of aryl methyl sites for hydroxylation is 1. The van der Waals surface area contributed by atoms with Crippen molar-refractivity contribution in [3.8, 4) is 0 Å². The number of hydrogen-bond donors (Lipinski definition) is 2. The molecule has 2 aliphatic rings. The van der Waals surface area contributed by atoms with Crippen LogP contribution in [0, 0.1) is 5.92 Å². The van der Waals surface area contributed by atoms with Crippen molar-refractivity contribution in [1.82, 2.24) is 15.8 Å². The molecule has 4 amide bonds. The van der Waals surface area contributed by atoms with Crippen LogP contribution in [0.5, 0.6) is 0 Å². The highest BCUT2D eigenvalue weighted by Gasteiger charge is 2.48. The molecule has 1 heterocycles. The number of ether oxygens (including phenoxy) is 1. The minimum atomic E-state index is -1.11. The molecule has 1 aliphatic heterocycles. The van der Waals surface area contributed by atoms with Gasteiger partial charge in [-0.2, -0.15) is 5.01 Å². The lowest BCUT2D eigenvalue weighted by atomic mass is 9.93. The molecule has 0 radical (unpaired) electrons. The van der Waals surface area contributed by atoms with Gasteiger partial charge >= 0.3 is 12.0 Å². The van der Waals surface area contributed by atoms with Crippen molar-refractivity contribution in [3.63, 3.8) is 0 Å². The van der Waals surface area contributed by atoms with Gasteiger partial charge in [0.1, 0.15) is 5.54 Å². The number of amides is 4. The Kier molecular flexibility index (Phi) is 5.96. The molecule has 0 spiro atoms. The van der Waals surface area contributed by atoms with Crippen LogP contribution in [0.1, 0.15) is 44.6 Å². The molecule has 2 N–H and O–H groups in total. The summed E-state index contributed by atoms with van der Waals surface area (Å²) in [5.41, 5.74) is 2.17. The maximum absolute atomic E-state index is 12.7. The minimum absolute atomic E-state index is 0.161. The maximum Gasteiger partial charge on any atom is 0.344 e. The molecule has 1 saturated heterocycles. The highest BCUT2D eigenvalue weighted by molar-refractivity contribution is 6.07. The van der Waals surface area contributed by atoms with Crippen LogP contribution in [0.25, 0.3) is 0 Å². The Bertz CT molecular complexity index is 760. The van der Waals surface area contributed by atoms with E-state index >= 15 is 0 Å². The van der Waals surface area contributed by atoms with Crippen LogP contribution in [0.2, 0.25) is 0 Å². The maximum atomic E-state index is 12.7. The fourth-order valence-corrected chi connectivity index (χ4v) is 3.57. The summed E-state index contributed by atoms with van der Waals surface area (Å²) in [7, 11) is 0. The summed E-state index contributed by atoms with van der Waals surface area (Å²) in [6, 6.07) is 8.92. The number of benzene rings is 1. The zero-order valence-electron chi connectivity index (χ0n) is 15.9. The first-order valence-electron chi connectivity index (χ1n) is 9.56. The van der Waals surface area contributed by atoms with Crippen LogP contribution in [-0.2, 0) is 25.5 Å². The molecule has 1 aromatic rings. The summed E-state index contributed by atoms with van der Waals surface area (Å²) in [6.07, 6.45) is 4.50. The number of hydrogen-bond acceptors (Lipinski definition) is 5. The van der Waals surface area contributed by atoms with Crippen LogP contribution < -0.4 is 10.7 Å². The van der Waals surface area contributed by atoms with E-state index in [2.05, 4.69) is 10.7 Å². The summed E-state index contributed by atoms with van der Waals surface area (Å²) >= 11 is 0. The number of nitrogens with zero attached hydrogens (tertiary/aromatic N) is 1. The first-order chi connectivity index (χ1) is 13.4. The lowest BCUT2D eigenvalue weighted by Crippen LogP contribution is -2.50. The molecule has 8 heteroatoms. The number of carbonyl (C=O) groups excluding carboxylic acids is 4. The smallest absolute Gasteiger partial charge is 0.344 e. The highest BCUT2D eigenvalue weighted by atomic mass is 16.5. The van der Waals surface area contributed by atoms with E-state index in [0.717, 1.165) is 31.2 Å². The van der Waals surface area contributed by atoms with Crippen molar-refractivity contribution >= 4 is 23.8 Å². The number of hydrazine groups is 1. The molecule has 1 atom stereocenters. The van der Waals surface area contributed by atoms with Crippen molar-refractivity contribution in [3.05, 3.63) is 35.9 Å². The van der Waals surface area contributed by atoms with E-state index in [1.54, 1.807) is 6.92 Å². The van der Waals surface area contributed by atoms with Gasteiger partial charge in [-0.15, -0.1) is 0 Å². The predicted molar refractivity (Wildman–Crippen MR) is 99.6 cm³/mol. The molecular formula is C20H25N3O5. The third kappa shape index (κ3) is 4.49. The van der Waals surface area contributed by atoms with Crippen molar-refractivity contribution in [2.45, 2.75) is 51.0 Å². The second kappa shape index (κ2) is 8.41. The molecule has 0 bridgehead atoms. The van der Waals surface area contributed by atoms with E-state index in [1.807, 2.05) is 30.3 Å². The van der Waals surface area contributed by atoms with Gasteiger partial charge in [-0.3, -0.25) is 19.8 Å². The lowest BCUT2D eigenvalue weighted by molar-refractivity contribution is -0.154. The number of urea groups is 1. The van der Waals surface area contributed by atoms with Gasteiger partial charge in [-0.25, -0.2) is 4.79 Å². The first kappa shape index (κ1) is 19.9. The average Bonchev–Trinajstić information content (AvgIpc) is 3.29. The zero-order chi connectivity index (χ0) is 20.1. The van der Waals surface area contributed by atoms with Gasteiger partial charge in [0.25, 0.3) is 11.8 Å². The van der Waals surface area contributed by atoms with Crippen molar-refractivity contribution in [2.24, 2.45) is 5.92 Å². The van der Waals surface area contributed by atoms with Crippen molar-refractivity contribution in [2.75, 3.05) is 6.61 Å². The number of nitrogens with one attached hydrogen (secondary N) is 2. The number of imide groups is 1. The van der Waals surface area contributed by atoms with E-state index < -0.39 is 36.0 Å². The summed E-state index contributed by atoms with van der Waals surface area (Å²) in [5.74, 6) is -1.82. The number of rotatable bonds is 7. The molecule has 0 unspecified atom stereocenters. The van der Waals surface area contributed by atoms with E-state index in [-0.39, 0.29) is 5.92 Å². The van der Waals surface area contributed by atoms with Crippen LogP contribution in [0.4, 0.5) is 4.79 Å². The second-order valence-electron chi connectivity index (χ2n) is 7.51. The van der Waals surface area contributed by atoms with Gasteiger partial charge in [-0.1, -0.05) is 43.2 Å². The van der Waals surface area contributed by atoms with E-state index in [0.29, 0.717) is 17.9 Å². The van der Waals surface area contributed by atoms with Crippen molar-refractivity contribution < 1.29 is 23.9 Å². The molecule has 150 valence electrons. The summed E-state index contributed by atoms with van der Waals surface area (Å²) < 4.78 is 5.01. The molecule has 0 aromatic heterocycles. The average molecular weight is 387 g/mol. The van der Waals surface area contributed by atoms with Gasteiger partial charge in [0.2, 0.25) is 0 Å². The largest absolute Gasteiger partial charge is 0.455 e. The third-order valence-electron chi connectivity index (χ3n) is 5.29. The summed E-state index contributed by atoms with van der Waals surface area (Å²) in [4.78, 5) is 48.7. The van der Waals surface area contributed by atoms with Crippen LogP contribution in [-0.4, -0.2) is 41.0 Å². The molecule has 3 rings (SSSR count). The standard InChI is InChI=1S/C20H25N3O5/c1-20(12-11-14-7-3-2-4-8-14)18(26)23(19(27)21-20)22-16(24)13-28-17(25)15-9-5-6-10-15/h2-4,7-8,15H,5-6,9-13H2,1H3,(H,21,27)(H,22,24)/t20-/m1/s1. The highest BCUT2D eigenvalue weighted by Crippen LogP contribution is 2.25. The number of carbonyl (C=O) groups is 4. The Balaban J connectivity index is 1.51. The van der Waals surface area contributed by atoms with Gasteiger partial charge < -0.3 is 10.1 Å². The Labute approximate surface area is 163 Å². The van der Waals surface area contributed by atoms with Gasteiger partial charge in [0, 0.05) is 0 Å². The Hall–Kier alpha value is -2.90. The van der Waals surface area contributed by atoms with Gasteiger partial charge in [0.15, 0.2) is 6.61 Å². The van der Waals surface area contributed by atoms with E-state index in [1.165, 1.54) is 0 Å². The Morgan fingerprint density at radius 3 is 2.57 bits per heavy atom. The first-order valence-corrected chi connectivity index (χ1v) is 9.56. The van der Waals surface area contributed by atoms with Crippen LogP contribution in [0.3, 0.4) is 0 Å². The minimum Gasteiger partial charge on any atom is -0.455 e. The van der Waals surface area contributed by atoms with E-state index in [4.69, 9.17) is 4.74 Å². The zero-order valence-corrected chi connectivity index (χ0v) is 15.9. The molecular weight excluding hydrogens is 362 g/mol. The van der Waals surface area contributed by atoms with Crippen LogP contribution in [0.15, 0.2) is 30.3 Å². The fraction of sp³-hybridized carbons (Fsp3) is 0.500. The normalized spacial score (nSPS) is 22.2. The van der Waals surface area contributed by atoms with Gasteiger partial charge in [-0.05, 0) is 38.2 Å². The Morgan fingerprint density at radius 2 is 1.89 bits per heavy atom. The summed E-state index contributed by atoms with van der Waals surface area (Å²) in [5, 5.41) is 3.29. The molecule has 2 fully saturated rings. The predicted octanol–water partition coefficient (Wildman–Crippen LogP) is 1.69. The van der Waals surface area contributed by atoms with Crippen molar-refractivity contribution in [1.29, 1.82) is 0 Å². The van der Waals surface area contributed by atoms with Crippen LogP contribution >= 0.6 is 0 Å². The molecule has 1 aromatic carbocycles. The monoisotopic (exact) mass is 387 g/mol. The molecule has 1 saturated carbocycles. The summed E-state index contributed by atoms with van der Waals surface area (Å²) in [6.45, 7) is 1.11.